The Hall–Kier alpha value is -0.920. The summed E-state index contributed by atoms with van der Waals surface area (Å²) >= 11 is 3.27. The highest BCUT2D eigenvalue weighted by atomic mass is 79.9. The first-order chi connectivity index (χ1) is 9.22. The van der Waals surface area contributed by atoms with E-state index in [0.29, 0.717) is 16.7 Å². The lowest BCUT2D eigenvalue weighted by atomic mass is 10.1. The standard InChI is InChI=1S/C12H18BrN3O3/c13-11-10(8-15-16(4-5-17)12(11)18)14-7-9-3-1-2-6-19-9/h8-9,14,17H,1-7H2. The summed E-state index contributed by atoms with van der Waals surface area (Å²) in [5.41, 5.74) is 0.414. The third-order valence-corrected chi connectivity index (χ3v) is 3.86. The number of nitrogens with one attached hydrogen (secondary N) is 1. The molecule has 0 radical (unpaired) electrons. The second kappa shape index (κ2) is 7.02. The molecule has 1 aromatic rings. The molecule has 2 N–H and O–H groups in total. The number of halogens is 1. The van der Waals surface area contributed by atoms with Crippen LogP contribution in [0.4, 0.5) is 5.69 Å². The van der Waals surface area contributed by atoms with Gasteiger partial charge in [0.2, 0.25) is 0 Å². The Morgan fingerprint density at radius 1 is 1.58 bits per heavy atom. The minimum atomic E-state index is -0.247. The molecule has 1 fully saturated rings. The van der Waals surface area contributed by atoms with Gasteiger partial charge in [-0.3, -0.25) is 4.79 Å². The molecule has 1 aliphatic heterocycles. The summed E-state index contributed by atoms with van der Waals surface area (Å²) in [6, 6.07) is 0. The van der Waals surface area contributed by atoms with Gasteiger partial charge in [-0.2, -0.15) is 5.10 Å². The van der Waals surface area contributed by atoms with Crippen molar-refractivity contribution in [2.45, 2.75) is 31.9 Å². The van der Waals surface area contributed by atoms with Crippen LogP contribution in [0.1, 0.15) is 19.3 Å². The topological polar surface area (TPSA) is 76.4 Å². The fraction of sp³-hybridized carbons (Fsp3) is 0.667. The number of ether oxygens (including phenoxy) is 1. The van der Waals surface area contributed by atoms with Crippen molar-refractivity contribution in [2.24, 2.45) is 0 Å². The van der Waals surface area contributed by atoms with Crippen molar-refractivity contribution in [1.29, 1.82) is 0 Å². The molecule has 0 saturated carbocycles. The molecule has 1 atom stereocenters. The molecule has 7 heteroatoms. The molecule has 1 aromatic heterocycles. The maximum absolute atomic E-state index is 11.9. The van der Waals surface area contributed by atoms with Crippen LogP contribution in [0.5, 0.6) is 0 Å². The predicted molar refractivity (Wildman–Crippen MR) is 75.4 cm³/mol. The third-order valence-electron chi connectivity index (χ3n) is 3.09. The summed E-state index contributed by atoms with van der Waals surface area (Å²) in [6.45, 7) is 1.57. The maximum atomic E-state index is 11.9. The van der Waals surface area contributed by atoms with Gasteiger partial charge in [0.1, 0.15) is 4.47 Å². The number of anilines is 1. The zero-order valence-corrected chi connectivity index (χ0v) is 12.2. The van der Waals surface area contributed by atoms with Crippen molar-refractivity contribution in [3.05, 3.63) is 21.0 Å². The van der Waals surface area contributed by atoms with Crippen LogP contribution in [0.3, 0.4) is 0 Å². The van der Waals surface area contributed by atoms with Gasteiger partial charge in [-0.15, -0.1) is 0 Å². The number of aliphatic hydroxyl groups excluding tert-OH is 1. The molecular weight excluding hydrogens is 314 g/mol. The molecule has 0 spiro atoms. The van der Waals surface area contributed by atoms with E-state index in [-0.39, 0.29) is 24.8 Å². The van der Waals surface area contributed by atoms with Gasteiger partial charge in [-0.1, -0.05) is 0 Å². The van der Waals surface area contributed by atoms with Gasteiger partial charge in [0, 0.05) is 13.2 Å². The van der Waals surface area contributed by atoms with Gasteiger partial charge >= 0.3 is 0 Å². The molecular formula is C12H18BrN3O3. The number of rotatable bonds is 5. The number of aliphatic hydroxyl groups is 1. The highest BCUT2D eigenvalue weighted by Crippen LogP contribution is 2.18. The van der Waals surface area contributed by atoms with Crippen LogP contribution < -0.4 is 10.9 Å². The Bertz CT molecular complexity index is 472. The Morgan fingerprint density at radius 2 is 2.42 bits per heavy atom. The fourth-order valence-corrected chi connectivity index (χ4v) is 2.48. The molecule has 0 aromatic carbocycles. The highest BCUT2D eigenvalue weighted by Gasteiger charge is 2.15. The van der Waals surface area contributed by atoms with Crippen LogP contribution in [0, 0.1) is 0 Å². The van der Waals surface area contributed by atoms with Gasteiger partial charge in [-0.05, 0) is 35.2 Å². The summed E-state index contributed by atoms with van der Waals surface area (Å²) in [5.74, 6) is 0. The van der Waals surface area contributed by atoms with Gasteiger partial charge in [0.25, 0.3) is 5.56 Å². The first-order valence-electron chi connectivity index (χ1n) is 6.44. The van der Waals surface area contributed by atoms with E-state index in [0.717, 1.165) is 19.4 Å². The first-order valence-corrected chi connectivity index (χ1v) is 7.23. The summed E-state index contributed by atoms with van der Waals surface area (Å²) < 4.78 is 7.28. The van der Waals surface area contributed by atoms with E-state index in [4.69, 9.17) is 9.84 Å². The fourth-order valence-electron chi connectivity index (χ4n) is 2.03. The molecule has 2 heterocycles. The van der Waals surface area contributed by atoms with Crippen LogP contribution in [0.15, 0.2) is 15.5 Å². The molecule has 0 bridgehead atoms. The molecule has 1 unspecified atom stereocenters. The lowest BCUT2D eigenvalue weighted by Crippen LogP contribution is -2.29. The minimum absolute atomic E-state index is 0.109. The quantitative estimate of drug-likeness (QED) is 0.841. The number of hydrogen-bond donors (Lipinski definition) is 2. The zero-order chi connectivity index (χ0) is 13.7. The van der Waals surface area contributed by atoms with Crippen molar-refractivity contribution >= 4 is 21.6 Å². The Morgan fingerprint density at radius 3 is 3.11 bits per heavy atom. The average Bonchev–Trinajstić information content (AvgIpc) is 2.44. The monoisotopic (exact) mass is 331 g/mol. The van der Waals surface area contributed by atoms with Crippen LogP contribution in [0.2, 0.25) is 0 Å². The van der Waals surface area contributed by atoms with E-state index in [1.54, 1.807) is 6.20 Å². The number of aromatic nitrogens is 2. The predicted octanol–water partition coefficient (Wildman–Crippen LogP) is 0.979. The molecule has 0 amide bonds. The first kappa shape index (κ1) is 14.5. The van der Waals surface area contributed by atoms with Crippen molar-refractivity contribution in [3.63, 3.8) is 0 Å². The zero-order valence-electron chi connectivity index (χ0n) is 10.6. The Kier molecular flexibility index (Phi) is 5.35. The summed E-state index contributed by atoms with van der Waals surface area (Å²) in [6.07, 6.45) is 5.13. The third kappa shape index (κ3) is 3.77. The minimum Gasteiger partial charge on any atom is -0.394 e. The molecule has 2 rings (SSSR count). The average molecular weight is 332 g/mol. The van der Waals surface area contributed by atoms with Crippen molar-refractivity contribution < 1.29 is 9.84 Å². The van der Waals surface area contributed by atoms with Crippen molar-refractivity contribution in [1.82, 2.24) is 9.78 Å². The second-order valence-electron chi connectivity index (χ2n) is 4.49. The van der Waals surface area contributed by atoms with Gasteiger partial charge in [0.05, 0.1) is 31.1 Å². The van der Waals surface area contributed by atoms with Crippen molar-refractivity contribution in [2.75, 3.05) is 25.1 Å². The summed E-state index contributed by atoms with van der Waals surface area (Å²) in [7, 11) is 0. The van der Waals surface area contributed by atoms with Crippen LogP contribution in [-0.4, -0.2) is 40.7 Å². The van der Waals surface area contributed by atoms with Crippen LogP contribution >= 0.6 is 15.9 Å². The van der Waals surface area contributed by atoms with Crippen LogP contribution in [-0.2, 0) is 11.3 Å². The van der Waals surface area contributed by atoms with E-state index < -0.39 is 0 Å². The highest BCUT2D eigenvalue weighted by molar-refractivity contribution is 9.10. The lowest BCUT2D eigenvalue weighted by molar-refractivity contribution is 0.0247. The van der Waals surface area contributed by atoms with Crippen molar-refractivity contribution in [3.8, 4) is 0 Å². The van der Waals surface area contributed by atoms with E-state index in [2.05, 4.69) is 26.3 Å². The number of hydrogen-bond acceptors (Lipinski definition) is 5. The van der Waals surface area contributed by atoms with E-state index >= 15 is 0 Å². The molecule has 1 aliphatic rings. The van der Waals surface area contributed by atoms with Gasteiger partial charge in [0.15, 0.2) is 0 Å². The number of nitrogens with zero attached hydrogens (tertiary/aromatic N) is 2. The molecule has 19 heavy (non-hydrogen) atoms. The Labute approximate surface area is 119 Å². The smallest absolute Gasteiger partial charge is 0.283 e. The SMILES string of the molecule is O=c1c(Br)c(NCC2CCCCO2)cnn1CCO. The molecule has 0 aliphatic carbocycles. The summed E-state index contributed by atoms with van der Waals surface area (Å²) in [4.78, 5) is 11.9. The van der Waals surface area contributed by atoms with E-state index in [9.17, 15) is 4.79 Å². The van der Waals surface area contributed by atoms with Crippen LogP contribution in [0.25, 0.3) is 0 Å². The second-order valence-corrected chi connectivity index (χ2v) is 5.29. The lowest BCUT2D eigenvalue weighted by Gasteiger charge is -2.23. The molecule has 1 saturated heterocycles. The largest absolute Gasteiger partial charge is 0.394 e. The Balaban J connectivity index is 2.00. The van der Waals surface area contributed by atoms with Gasteiger partial charge < -0.3 is 15.2 Å². The molecule has 6 nitrogen and oxygen atoms in total. The summed E-state index contributed by atoms with van der Waals surface area (Å²) in [5, 5.41) is 16.0. The maximum Gasteiger partial charge on any atom is 0.283 e. The van der Waals surface area contributed by atoms with E-state index in [1.165, 1.54) is 11.1 Å². The molecule has 106 valence electrons. The normalized spacial score (nSPS) is 19.4. The van der Waals surface area contributed by atoms with E-state index in [1.807, 2.05) is 0 Å². The van der Waals surface area contributed by atoms with Gasteiger partial charge in [-0.25, -0.2) is 4.68 Å².